The van der Waals surface area contributed by atoms with E-state index in [1.54, 1.807) is 0 Å². The number of aliphatic hydroxyl groups is 1. The van der Waals surface area contributed by atoms with E-state index in [1.165, 1.54) is 18.4 Å². The summed E-state index contributed by atoms with van der Waals surface area (Å²) in [6.07, 6.45) is 3.48. The molecule has 0 spiro atoms. The van der Waals surface area contributed by atoms with Gasteiger partial charge in [-0.05, 0) is 37.8 Å². The third-order valence-corrected chi connectivity index (χ3v) is 3.93. The molecule has 0 radical (unpaired) electrons. The predicted molar refractivity (Wildman–Crippen MR) is 67.6 cm³/mol. The van der Waals surface area contributed by atoms with Crippen molar-refractivity contribution in [2.24, 2.45) is 5.92 Å². The summed E-state index contributed by atoms with van der Waals surface area (Å²) in [5.74, 6) is 0.541. The molecule has 2 N–H and O–H groups in total. The average Bonchev–Trinajstić information content (AvgIpc) is 2.64. The van der Waals surface area contributed by atoms with Gasteiger partial charge in [0.25, 0.3) is 0 Å². The van der Waals surface area contributed by atoms with E-state index < -0.39 is 0 Å². The Bertz CT molecular complexity index is 346. The van der Waals surface area contributed by atoms with E-state index in [0.717, 1.165) is 12.1 Å². The largest absolute Gasteiger partial charge is 0.394 e. The number of benzene rings is 1. The second-order valence-corrected chi connectivity index (χ2v) is 5.10. The van der Waals surface area contributed by atoms with E-state index in [0.29, 0.717) is 5.92 Å². The van der Waals surface area contributed by atoms with Crippen LogP contribution < -0.4 is 5.32 Å². The number of hydrogen-bond acceptors (Lipinski definition) is 2. The van der Waals surface area contributed by atoms with Gasteiger partial charge in [-0.3, -0.25) is 0 Å². The molecule has 0 aromatic heterocycles. The number of aryl methyl sites for hydroxylation is 1. The SMILES string of the molecule is Cc1ccc(NC2(CO)CCCC2C)cc1. The Hall–Kier alpha value is -1.02. The molecule has 1 aromatic carbocycles. The molecule has 1 aromatic rings. The number of hydrogen-bond donors (Lipinski definition) is 2. The van der Waals surface area contributed by atoms with Crippen LogP contribution in [0.15, 0.2) is 24.3 Å². The Balaban J connectivity index is 2.15. The lowest BCUT2D eigenvalue weighted by molar-refractivity contribution is 0.184. The number of nitrogens with one attached hydrogen (secondary N) is 1. The van der Waals surface area contributed by atoms with E-state index in [2.05, 4.69) is 43.4 Å². The van der Waals surface area contributed by atoms with Gasteiger partial charge >= 0.3 is 0 Å². The molecule has 1 aliphatic carbocycles. The van der Waals surface area contributed by atoms with Crippen LogP contribution in [0.5, 0.6) is 0 Å². The summed E-state index contributed by atoms with van der Waals surface area (Å²) in [5.41, 5.74) is 2.28. The van der Waals surface area contributed by atoms with Crippen molar-refractivity contribution in [3.05, 3.63) is 29.8 Å². The van der Waals surface area contributed by atoms with Crippen LogP contribution in [-0.2, 0) is 0 Å². The maximum absolute atomic E-state index is 9.64. The lowest BCUT2D eigenvalue weighted by Gasteiger charge is -2.34. The summed E-state index contributed by atoms with van der Waals surface area (Å²) in [7, 11) is 0. The lowest BCUT2D eigenvalue weighted by atomic mass is 9.89. The fraction of sp³-hybridized carbons (Fsp3) is 0.571. The highest BCUT2D eigenvalue weighted by atomic mass is 16.3. The van der Waals surface area contributed by atoms with Crippen molar-refractivity contribution < 1.29 is 5.11 Å². The standard InChI is InChI=1S/C14H21NO/c1-11-5-7-13(8-6-11)15-14(10-16)9-3-4-12(14)2/h5-8,12,15-16H,3-4,9-10H2,1-2H3. The number of anilines is 1. The Morgan fingerprint density at radius 3 is 2.56 bits per heavy atom. The second kappa shape index (κ2) is 4.46. The summed E-state index contributed by atoms with van der Waals surface area (Å²) in [6, 6.07) is 8.40. The van der Waals surface area contributed by atoms with Gasteiger partial charge in [0.05, 0.1) is 12.1 Å². The zero-order chi connectivity index (χ0) is 11.6. The van der Waals surface area contributed by atoms with Gasteiger partial charge in [0.1, 0.15) is 0 Å². The third-order valence-electron chi connectivity index (χ3n) is 3.93. The Morgan fingerprint density at radius 2 is 2.06 bits per heavy atom. The van der Waals surface area contributed by atoms with E-state index in [4.69, 9.17) is 0 Å². The Morgan fingerprint density at radius 1 is 1.38 bits per heavy atom. The van der Waals surface area contributed by atoms with Crippen molar-refractivity contribution in [3.63, 3.8) is 0 Å². The fourth-order valence-corrected chi connectivity index (χ4v) is 2.63. The van der Waals surface area contributed by atoms with Crippen molar-refractivity contribution in [2.75, 3.05) is 11.9 Å². The highest BCUT2D eigenvalue weighted by molar-refractivity contribution is 5.47. The molecule has 1 aliphatic rings. The van der Waals surface area contributed by atoms with Crippen LogP contribution in [0, 0.1) is 12.8 Å². The third kappa shape index (κ3) is 2.07. The number of aliphatic hydroxyl groups excluding tert-OH is 1. The molecule has 16 heavy (non-hydrogen) atoms. The molecule has 2 nitrogen and oxygen atoms in total. The normalized spacial score (nSPS) is 29.3. The first-order chi connectivity index (χ1) is 7.66. The molecular weight excluding hydrogens is 198 g/mol. The summed E-state index contributed by atoms with van der Waals surface area (Å²) in [4.78, 5) is 0. The van der Waals surface area contributed by atoms with Crippen molar-refractivity contribution in [3.8, 4) is 0 Å². The fourth-order valence-electron chi connectivity index (χ4n) is 2.63. The summed E-state index contributed by atoms with van der Waals surface area (Å²) >= 11 is 0. The first kappa shape index (κ1) is 11.5. The molecular formula is C14H21NO. The van der Waals surface area contributed by atoms with Crippen molar-refractivity contribution in [1.82, 2.24) is 0 Å². The summed E-state index contributed by atoms with van der Waals surface area (Å²) in [5, 5.41) is 13.2. The van der Waals surface area contributed by atoms with Crippen LogP contribution >= 0.6 is 0 Å². The average molecular weight is 219 g/mol. The molecule has 0 bridgehead atoms. The highest BCUT2D eigenvalue weighted by Gasteiger charge is 2.39. The second-order valence-electron chi connectivity index (χ2n) is 5.10. The number of rotatable bonds is 3. The van der Waals surface area contributed by atoms with Crippen molar-refractivity contribution in [2.45, 2.75) is 38.6 Å². The van der Waals surface area contributed by atoms with Crippen LogP contribution in [0.1, 0.15) is 31.7 Å². The van der Waals surface area contributed by atoms with Gasteiger partial charge in [-0.1, -0.05) is 31.0 Å². The van der Waals surface area contributed by atoms with E-state index >= 15 is 0 Å². The minimum absolute atomic E-state index is 0.102. The van der Waals surface area contributed by atoms with Crippen LogP contribution in [0.4, 0.5) is 5.69 Å². The van der Waals surface area contributed by atoms with Gasteiger partial charge in [-0.2, -0.15) is 0 Å². The van der Waals surface area contributed by atoms with Crippen LogP contribution in [0.3, 0.4) is 0 Å². The molecule has 0 aliphatic heterocycles. The first-order valence-electron chi connectivity index (χ1n) is 6.12. The van der Waals surface area contributed by atoms with Gasteiger partial charge in [0, 0.05) is 5.69 Å². The van der Waals surface area contributed by atoms with Crippen molar-refractivity contribution >= 4 is 5.69 Å². The Kier molecular flexibility index (Phi) is 3.20. The zero-order valence-corrected chi connectivity index (χ0v) is 10.2. The predicted octanol–water partition coefficient (Wildman–Crippen LogP) is 2.96. The molecule has 1 fully saturated rings. The van der Waals surface area contributed by atoms with Crippen LogP contribution in [-0.4, -0.2) is 17.3 Å². The minimum Gasteiger partial charge on any atom is -0.394 e. The molecule has 0 heterocycles. The monoisotopic (exact) mass is 219 g/mol. The smallest absolute Gasteiger partial charge is 0.0664 e. The summed E-state index contributed by atoms with van der Waals surface area (Å²) < 4.78 is 0. The molecule has 2 atom stereocenters. The lowest BCUT2D eigenvalue weighted by Crippen LogP contribution is -2.44. The zero-order valence-electron chi connectivity index (χ0n) is 10.2. The van der Waals surface area contributed by atoms with Gasteiger partial charge in [0.2, 0.25) is 0 Å². The molecule has 0 saturated heterocycles. The molecule has 2 heteroatoms. The van der Waals surface area contributed by atoms with Gasteiger partial charge in [-0.15, -0.1) is 0 Å². The maximum Gasteiger partial charge on any atom is 0.0664 e. The topological polar surface area (TPSA) is 32.3 Å². The molecule has 1 saturated carbocycles. The first-order valence-corrected chi connectivity index (χ1v) is 6.12. The molecule has 2 unspecified atom stereocenters. The molecule has 88 valence electrons. The van der Waals surface area contributed by atoms with E-state index in [-0.39, 0.29) is 12.1 Å². The van der Waals surface area contributed by atoms with Gasteiger partial charge < -0.3 is 10.4 Å². The quantitative estimate of drug-likeness (QED) is 0.819. The van der Waals surface area contributed by atoms with E-state index in [9.17, 15) is 5.11 Å². The maximum atomic E-state index is 9.64. The van der Waals surface area contributed by atoms with Crippen LogP contribution in [0.2, 0.25) is 0 Å². The minimum atomic E-state index is -0.102. The molecule has 2 rings (SSSR count). The van der Waals surface area contributed by atoms with Gasteiger partial charge in [-0.25, -0.2) is 0 Å². The van der Waals surface area contributed by atoms with Crippen molar-refractivity contribution in [1.29, 1.82) is 0 Å². The van der Waals surface area contributed by atoms with E-state index in [1.807, 2.05) is 0 Å². The Labute approximate surface area is 97.7 Å². The summed E-state index contributed by atoms with van der Waals surface area (Å²) in [6.45, 7) is 4.54. The van der Waals surface area contributed by atoms with Crippen LogP contribution in [0.25, 0.3) is 0 Å². The molecule has 0 amide bonds. The highest BCUT2D eigenvalue weighted by Crippen LogP contribution is 2.37. The van der Waals surface area contributed by atoms with Gasteiger partial charge in [0.15, 0.2) is 0 Å².